The lowest BCUT2D eigenvalue weighted by Gasteiger charge is -2.41. The average Bonchev–Trinajstić information content (AvgIpc) is 2.94. The second kappa shape index (κ2) is 9.24. The molecule has 3 rings (SSSR count). The summed E-state index contributed by atoms with van der Waals surface area (Å²) in [6.45, 7) is 5.28. The van der Waals surface area contributed by atoms with Crippen LogP contribution in [-0.4, -0.2) is 75.9 Å². The summed E-state index contributed by atoms with van der Waals surface area (Å²) in [5, 5.41) is 39.7. The molecule has 0 amide bonds. The smallest absolute Gasteiger partial charge is 0.309 e. The minimum atomic E-state index is -1.50. The van der Waals surface area contributed by atoms with E-state index in [1.165, 1.54) is 5.57 Å². The van der Waals surface area contributed by atoms with Crippen LogP contribution in [0.25, 0.3) is 0 Å². The van der Waals surface area contributed by atoms with Crippen molar-refractivity contribution in [3.8, 4) is 0 Å². The largest absolute Gasteiger partial charge is 0.458 e. The molecule has 4 N–H and O–H groups in total. The molecule has 0 aromatic rings. The first-order valence-corrected chi connectivity index (χ1v) is 10.2. The van der Waals surface area contributed by atoms with Crippen LogP contribution in [0.1, 0.15) is 40.0 Å². The third kappa shape index (κ3) is 4.73. The van der Waals surface area contributed by atoms with Crippen molar-refractivity contribution in [1.82, 2.24) is 0 Å². The zero-order chi connectivity index (χ0) is 21.3. The highest BCUT2D eigenvalue weighted by atomic mass is 16.7. The van der Waals surface area contributed by atoms with Crippen LogP contribution in [0.5, 0.6) is 0 Å². The van der Waals surface area contributed by atoms with Crippen molar-refractivity contribution in [2.24, 2.45) is 11.8 Å². The molecule has 2 saturated heterocycles. The molecule has 8 heteroatoms. The van der Waals surface area contributed by atoms with Gasteiger partial charge in [-0.3, -0.25) is 4.79 Å². The van der Waals surface area contributed by atoms with E-state index in [-0.39, 0.29) is 23.9 Å². The van der Waals surface area contributed by atoms with Gasteiger partial charge in [-0.1, -0.05) is 18.6 Å². The minimum Gasteiger partial charge on any atom is -0.458 e. The molecule has 29 heavy (non-hydrogen) atoms. The van der Waals surface area contributed by atoms with Crippen molar-refractivity contribution >= 4 is 5.97 Å². The number of carbonyl (C=O) groups excluding carboxylic acids is 1. The van der Waals surface area contributed by atoms with Gasteiger partial charge in [0.05, 0.1) is 18.6 Å². The van der Waals surface area contributed by atoms with Crippen LogP contribution in [0.15, 0.2) is 23.3 Å². The number of allylic oxidation sites excluding steroid dienone is 2. The number of fused-ring (bicyclic) bond motifs is 1. The summed E-state index contributed by atoms with van der Waals surface area (Å²) >= 11 is 0. The van der Waals surface area contributed by atoms with E-state index in [4.69, 9.17) is 14.2 Å². The number of hydrogen-bond acceptors (Lipinski definition) is 8. The lowest BCUT2D eigenvalue weighted by molar-refractivity contribution is -0.309. The van der Waals surface area contributed by atoms with Gasteiger partial charge in [0, 0.05) is 5.92 Å². The minimum absolute atomic E-state index is 0.103. The molecular formula is C21H32O8. The lowest BCUT2D eigenvalue weighted by atomic mass is 9.83. The average molecular weight is 412 g/mol. The SMILES string of the molecule is CC1=C[C@H]2OC(=O)[C@H](C)[C@@H]2C[C@@H](O[C@@H]2O[C@H](CO)[C@@H](O)[C@H](O)[C@H]2O)C(C)=CCC1. The second-order valence-electron chi connectivity index (χ2n) is 8.41. The topological polar surface area (TPSA) is 126 Å². The number of aliphatic hydroxyl groups excluding tert-OH is 4. The molecule has 8 nitrogen and oxygen atoms in total. The molecule has 0 saturated carbocycles. The van der Waals surface area contributed by atoms with Gasteiger partial charge in [0.25, 0.3) is 0 Å². The first-order valence-electron chi connectivity index (χ1n) is 10.2. The van der Waals surface area contributed by atoms with E-state index in [1.807, 2.05) is 26.8 Å². The van der Waals surface area contributed by atoms with E-state index in [0.717, 1.165) is 18.4 Å². The van der Waals surface area contributed by atoms with Gasteiger partial charge in [-0.05, 0) is 44.8 Å². The summed E-state index contributed by atoms with van der Waals surface area (Å²) in [7, 11) is 0. The van der Waals surface area contributed by atoms with Crippen molar-refractivity contribution in [1.29, 1.82) is 0 Å². The maximum absolute atomic E-state index is 12.2. The summed E-state index contributed by atoms with van der Waals surface area (Å²) in [6.07, 6.45) is -1.29. The third-order valence-electron chi connectivity index (χ3n) is 6.28. The van der Waals surface area contributed by atoms with Gasteiger partial charge in [0.15, 0.2) is 6.29 Å². The normalized spacial score (nSPS) is 43.8. The van der Waals surface area contributed by atoms with Crippen LogP contribution >= 0.6 is 0 Å². The van der Waals surface area contributed by atoms with E-state index in [1.54, 1.807) is 0 Å². The highest BCUT2D eigenvalue weighted by Crippen LogP contribution is 2.37. The number of carbonyl (C=O) groups is 1. The quantitative estimate of drug-likeness (QED) is 0.388. The van der Waals surface area contributed by atoms with E-state index in [0.29, 0.717) is 6.42 Å². The Morgan fingerprint density at radius 3 is 2.59 bits per heavy atom. The molecular weight excluding hydrogens is 380 g/mol. The Hall–Kier alpha value is -1.29. The summed E-state index contributed by atoms with van der Waals surface area (Å²) in [5.74, 6) is -0.637. The van der Waals surface area contributed by atoms with Gasteiger partial charge in [-0.25, -0.2) is 0 Å². The Kier molecular flexibility index (Phi) is 7.14. The fourth-order valence-corrected chi connectivity index (χ4v) is 4.24. The summed E-state index contributed by atoms with van der Waals surface area (Å²) in [5.41, 5.74) is 2.10. The van der Waals surface area contributed by atoms with Crippen LogP contribution < -0.4 is 0 Å². The number of esters is 1. The predicted molar refractivity (Wildman–Crippen MR) is 103 cm³/mol. The van der Waals surface area contributed by atoms with Crippen molar-refractivity contribution in [2.75, 3.05) is 6.61 Å². The molecule has 2 heterocycles. The first-order chi connectivity index (χ1) is 13.7. The van der Waals surface area contributed by atoms with Gasteiger partial charge in [-0.15, -0.1) is 0 Å². The molecule has 0 aromatic heterocycles. The Balaban J connectivity index is 1.82. The highest BCUT2D eigenvalue weighted by Gasteiger charge is 2.47. The van der Waals surface area contributed by atoms with Crippen LogP contribution in [0.2, 0.25) is 0 Å². The molecule has 2 aliphatic heterocycles. The Morgan fingerprint density at radius 1 is 1.17 bits per heavy atom. The van der Waals surface area contributed by atoms with Crippen molar-refractivity contribution in [2.45, 2.75) is 82.9 Å². The number of ether oxygens (including phenoxy) is 3. The van der Waals surface area contributed by atoms with E-state index < -0.39 is 43.4 Å². The third-order valence-corrected chi connectivity index (χ3v) is 6.28. The van der Waals surface area contributed by atoms with Gasteiger partial charge in [0.1, 0.15) is 30.5 Å². The summed E-state index contributed by atoms with van der Waals surface area (Å²) in [4.78, 5) is 12.2. The van der Waals surface area contributed by atoms with Crippen molar-refractivity contribution in [3.05, 3.63) is 23.3 Å². The maximum atomic E-state index is 12.2. The van der Waals surface area contributed by atoms with Gasteiger partial charge >= 0.3 is 5.97 Å². The van der Waals surface area contributed by atoms with Crippen LogP contribution in [0, 0.1) is 11.8 Å². The standard InChI is InChI=1S/C21H32O8/c1-10-5-4-6-11(2)14(8-13-12(3)20(26)27-15(13)7-10)28-21-19(25)18(24)17(23)16(9-22)29-21/h6-7,12-19,21-25H,4-5,8-9H2,1-3H3/t12-,13+,14-,15-,16-,17-,18+,19-,21-/m1/s1. The van der Waals surface area contributed by atoms with Crippen LogP contribution in [0.3, 0.4) is 0 Å². The Bertz CT molecular complexity index is 657. The van der Waals surface area contributed by atoms with Crippen molar-refractivity contribution in [3.63, 3.8) is 0 Å². The molecule has 3 aliphatic rings. The number of rotatable bonds is 3. The van der Waals surface area contributed by atoms with E-state index >= 15 is 0 Å². The maximum Gasteiger partial charge on any atom is 0.309 e. The molecule has 0 bridgehead atoms. The van der Waals surface area contributed by atoms with Crippen LogP contribution in [0.4, 0.5) is 0 Å². The Labute approximate surface area is 170 Å². The van der Waals surface area contributed by atoms with E-state index in [9.17, 15) is 25.2 Å². The van der Waals surface area contributed by atoms with Crippen molar-refractivity contribution < 1.29 is 39.4 Å². The molecule has 2 fully saturated rings. The van der Waals surface area contributed by atoms with Gasteiger partial charge in [-0.2, -0.15) is 0 Å². The molecule has 1 aliphatic carbocycles. The fraction of sp³-hybridized carbons (Fsp3) is 0.762. The van der Waals surface area contributed by atoms with E-state index in [2.05, 4.69) is 6.08 Å². The predicted octanol–water partition coefficient (Wildman–Crippen LogP) is 0.426. The highest BCUT2D eigenvalue weighted by molar-refractivity contribution is 5.75. The second-order valence-corrected chi connectivity index (χ2v) is 8.41. The first kappa shape index (κ1) is 22.4. The van der Waals surface area contributed by atoms with Crippen LogP contribution in [-0.2, 0) is 19.0 Å². The van der Waals surface area contributed by atoms with Gasteiger partial charge < -0.3 is 34.6 Å². The zero-order valence-corrected chi connectivity index (χ0v) is 17.1. The molecule has 0 spiro atoms. The lowest BCUT2D eigenvalue weighted by Crippen LogP contribution is -2.59. The number of aliphatic hydroxyl groups is 4. The fourth-order valence-electron chi connectivity index (χ4n) is 4.24. The monoisotopic (exact) mass is 412 g/mol. The summed E-state index contributed by atoms with van der Waals surface area (Å²) in [6, 6.07) is 0. The number of hydrogen-bond donors (Lipinski definition) is 4. The molecule has 0 radical (unpaired) electrons. The molecule has 0 unspecified atom stereocenters. The zero-order valence-electron chi connectivity index (χ0n) is 17.1. The summed E-state index contributed by atoms with van der Waals surface area (Å²) < 4.78 is 17.1. The molecule has 164 valence electrons. The molecule has 0 aromatic carbocycles. The van der Waals surface area contributed by atoms with Gasteiger partial charge in [0.2, 0.25) is 0 Å². The Morgan fingerprint density at radius 2 is 1.90 bits per heavy atom. The molecule has 9 atom stereocenters.